The molecule has 1 rings (SSSR count). The van der Waals surface area contributed by atoms with E-state index in [1.807, 2.05) is 0 Å². The van der Waals surface area contributed by atoms with Gasteiger partial charge in [0.25, 0.3) is 5.69 Å². The molecule has 0 fully saturated rings. The summed E-state index contributed by atoms with van der Waals surface area (Å²) in [7, 11) is 0. The first kappa shape index (κ1) is 8.95. The van der Waals surface area contributed by atoms with Crippen molar-refractivity contribution in [2.24, 2.45) is 5.11 Å². The molecule has 66 valence electrons. The maximum atomic E-state index is 10.3. The first-order valence-corrected chi connectivity index (χ1v) is 3.34. The number of pyridine rings is 1. The lowest BCUT2D eigenvalue weighted by atomic mass is 10.3. The van der Waals surface area contributed by atoms with E-state index in [0.717, 1.165) is 0 Å². The lowest BCUT2D eigenvalue weighted by molar-refractivity contribution is -0.385. The molecule has 7 heteroatoms. The van der Waals surface area contributed by atoms with Gasteiger partial charge in [0.1, 0.15) is 0 Å². The van der Waals surface area contributed by atoms with E-state index in [0.29, 0.717) is 5.69 Å². The van der Waals surface area contributed by atoms with Crippen LogP contribution >= 0.6 is 0 Å². The van der Waals surface area contributed by atoms with Crippen LogP contribution in [0.1, 0.15) is 5.69 Å². The summed E-state index contributed by atoms with van der Waals surface area (Å²) in [5.41, 5.74) is 8.33. The van der Waals surface area contributed by atoms with E-state index >= 15 is 0 Å². The van der Waals surface area contributed by atoms with Crippen LogP contribution in [0, 0.1) is 10.1 Å². The average Bonchev–Trinajstić information content (AvgIpc) is 2.15. The van der Waals surface area contributed by atoms with Crippen LogP contribution in [0.25, 0.3) is 10.4 Å². The molecule has 1 heterocycles. The highest BCUT2D eigenvalue weighted by Gasteiger charge is 2.05. The molecule has 0 radical (unpaired) electrons. The highest BCUT2D eigenvalue weighted by molar-refractivity contribution is 5.29. The predicted molar refractivity (Wildman–Crippen MR) is 43.7 cm³/mol. The third-order valence-electron chi connectivity index (χ3n) is 1.31. The Morgan fingerprint density at radius 3 is 3.15 bits per heavy atom. The Bertz CT molecular complexity index is 371. The molecule has 0 N–H and O–H groups in total. The molecule has 0 spiro atoms. The van der Waals surface area contributed by atoms with Crippen molar-refractivity contribution in [2.45, 2.75) is 6.54 Å². The van der Waals surface area contributed by atoms with E-state index in [9.17, 15) is 10.1 Å². The van der Waals surface area contributed by atoms with Crippen LogP contribution in [0.5, 0.6) is 0 Å². The zero-order chi connectivity index (χ0) is 9.68. The molecule has 0 aliphatic carbocycles. The minimum atomic E-state index is -0.527. The second-order valence-corrected chi connectivity index (χ2v) is 2.15. The van der Waals surface area contributed by atoms with Crippen molar-refractivity contribution in [1.29, 1.82) is 0 Å². The number of nitro groups is 1. The second kappa shape index (κ2) is 4.03. The van der Waals surface area contributed by atoms with Crippen LogP contribution in [0.3, 0.4) is 0 Å². The normalized spacial score (nSPS) is 8.92. The first-order chi connectivity index (χ1) is 6.24. The fourth-order valence-electron chi connectivity index (χ4n) is 0.770. The molecule has 0 aliphatic rings. The van der Waals surface area contributed by atoms with Gasteiger partial charge in [0.05, 0.1) is 17.2 Å². The highest BCUT2D eigenvalue weighted by atomic mass is 16.6. The number of rotatable bonds is 3. The molecule has 0 unspecified atom stereocenters. The number of hydrogen-bond donors (Lipinski definition) is 0. The highest BCUT2D eigenvalue weighted by Crippen LogP contribution is 2.10. The van der Waals surface area contributed by atoms with Crippen LogP contribution in [0.15, 0.2) is 23.4 Å². The fraction of sp³-hybridized carbons (Fsp3) is 0.167. The lowest BCUT2D eigenvalue weighted by Crippen LogP contribution is -1.92. The summed E-state index contributed by atoms with van der Waals surface area (Å²) in [6.45, 7) is 0.0260. The standard InChI is InChI=1S/C6H5N5O2/c7-10-9-4-5-3-6(11(12)13)1-2-8-5/h1-3H,4H2. The summed E-state index contributed by atoms with van der Waals surface area (Å²) < 4.78 is 0. The maximum Gasteiger partial charge on any atom is 0.272 e. The largest absolute Gasteiger partial charge is 0.272 e. The van der Waals surface area contributed by atoms with Crippen LogP contribution in [-0.2, 0) is 6.54 Å². The van der Waals surface area contributed by atoms with Crippen molar-refractivity contribution < 1.29 is 4.92 Å². The molecule has 0 saturated heterocycles. The Balaban J connectivity index is 2.91. The molecular formula is C6H5N5O2. The summed E-state index contributed by atoms with van der Waals surface area (Å²) in [5, 5.41) is 13.5. The van der Waals surface area contributed by atoms with E-state index in [1.165, 1.54) is 18.3 Å². The Morgan fingerprint density at radius 2 is 2.54 bits per heavy atom. The molecule has 0 saturated carbocycles. The summed E-state index contributed by atoms with van der Waals surface area (Å²) in [6, 6.07) is 2.55. The molecular weight excluding hydrogens is 174 g/mol. The molecule has 1 aromatic heterocycles. The van der Waals surface area contributed by atoms with Crippen molar-refractivity contribution in [2.75, 3.05) is 0 Å². The Hall–Kier alpha value is -2.14. The van der Waals surface area contributed by atoms with E-state index in [1.54, 1.807) is 0 Å². The minimum absolute atomic E-state index is 0.0260. The van der Waals surface area contributed by atoms with E-state index in [-0.39, 0.29) is 12.2 Å². The van der Waals surface area contributed by atoms with Gasteiger partial charge in [-0.2, -0.15) is 0 Å². The second-order valence-electron chi connectivity index (χ2n) is 2.15. The summed E-state index contributed by atoms with van der Waals surface area (Å²) in [5.74, 6) is 0. The summed E-state index contributed by atoms with van der Waals surface area (Å²) in [6.07, 6.45) is 1.31. The molecule has 7 nitrogen and oxygen atoms in total. The van der Waals surface area contributed by atoms with Crippen molar-refractivity contribution in [3.05, 3.63) is 44.6 Å². The van der Waals surface area contributed by atoms with Gasteiger partial charge < -0.3 is 0 Å². The zero-order valence-corrected chi connectivity index (χ0v) is 6.49. The Morgan fingerprint density at radius 1 is 1.77 bits per heavy atom. The third kappa shape index (κ3) is 2.42. The van der Waals surface area contributed by atoms with Gasteiger partial charge in [0.2, 0.25) is 0 Å². The smallest absolute Gasteiger partial charge is 0.261 e. The number of hydrogen-bond acceptors (Lipinski definition) is 4. The van der Waals surface area contributed by atoms with Crippen molar-refractivity contribution in [3.8, 4) is 0 Å². The van der Waals surface area contributed by atoms with E-state index < -0.39 is 4.92 Å². The molecule has 0 amide bonds. The van der Waals surface area contributed by atoms with Crippen molar-refractivity contribution in [1.82, 2.24) is 4.98 Å². The fourth-order valence-corrected chi connectivity index (χ4v) is 0.770. The van der Waals surface area contributed by atoms with Gasteiger partial charge >= 0.3 is 0 Å². The molecule has 0 bridgehead atoms. The summed E-state index contributed by atoms with van der Waals surface area (Å²) >= 11 is 0. The van der Waals surface area contributed by atoms with E-state index in [2.05, 4.69) is 15.0 Å². The average molecular weight is 179 g/mol. The number of aromatic nitrogens is 1. The van der Waals surface area contributed by atoms with Gasteiger partial charge in [-0.25, -0.2) is 0 Å². The minimum Gasteiger partial charge on any atom is -0.261 e. The van der Waals surface area contributed by atoms with Gasteiger partial charge in [-0.05, 0) is 5.53 Å². The van der Waals surface area contributed by atoms with Crippen molar-refractivity contribution in [3.63, 3.8) is 0 Å². The van der Waals surface area contributed by atoms with E-state index in [4.69, 9.17) is 5.53 Å². The molecule has 1 aromatic rings. The predicted octanol–water partition coefficient (Wildman–Crippen LogP) is 1.80. The molecule has 0 atom stereocenters. The van der Waals surface area contributed by atoms with Crippen LogP contribution in [0.2, 0.25) is 0 Å². The monoisotopic (exact) mass is 179 g/mol. The number of azide groups is 1. The van der Waals surface area contributed by atoms with Crippen LogP contribution in [0.4, 0.5) is 5.69 Å². The van der Waals surface area contributed by atoms with Gasteiger partial charge in [0, 0.05) is 23.2 Å². The topological polar surface area (TPSA) is 105 Å². The molecule has 13 heavy (non-hydrogen) atoms. The van der Waals surface area contributed by atoms with Gasteiger partial charge in [0.15, 0.2) is 0 Å². The van der Waals surface area contributed by atoms with Crippen LogP contribution in [-0.4, -0.2) is 9.91 Å². The Kier molecular flexibility index (Phi) is 2.77. The SMILES string of the molecule is [N-]=[N+]=NCc1cc([N+](=O)[O-])ccn1. The molecule has 0 aromatic carbocycles. The Labute approximate surface area is 72.8 Å². The zero-order valence-electron chi connectivity index (χ0n) is 6.49. The number of nitrogens with zero attached hydrogens (tertiary/aromatic N) is 5. The van der Waals surface area contributed by atoms with Crippen molar-refractivity contribution >= 4 is 5.69 Å². The van der Waals surface area contributed by atoms with Gasteiger partial charge in [-0.15, -0.1) is 0 Å². The first-order valence-electron chi connectivity index (χ1n) is 3.34. The molecule has 0 aliphatic heterocycles. The maximum absolute atomic E-state index is 10.3. The quantitative estimate of drug-likeness (QED) is 0.232. The lowest BCUT2D eigenvalue weighted by Gasteiger charge is -1.93. The third-order valence-corrected chi connectivity index (χ3v) is 1.31. The van der Waals surface area contributed by atoms with Gasteiger partial charge in [-0.3, -0.25) is 15.1 Å². The van der Waals surface area contributed by atoms with Gasteiger partial charge in [-0.1, -0.05) is 5.11 Å². The summed E-state index contributed by atoms with van der Waals surface area (Å²) in [4.78, 5) is 16.1. The van der Waals surface area contributed by atoms with Crippen LogP contribution < -0.4 is 0 Å².